The van der Waals surface area contributed by atoms with E-state index in [0.29, 0.717) is 17.4 Å². The summed E-state index contributed by atoms with van der Waals surface area (Å²) in [5.74, 6) is 0. The van der Waals surface area contributed by atoms with Gasteiger partial charge in [0, 0.05) is 26.2 Å². The predicted molar refractivity (Wildman–Crippen MR) is 49.9 cm³/mol. The van der Waals surface area contributed by atoms with Gasteiger partial charge in [-0.25, -0.2) is 0 Å². The van der Waals surface area contributed by atoms with Crippen LogP contribution in [0.5, 0.6) is 0 Å². The van der Waals surface area contributed by atoms with Gasteiger partial charge in [0.1, 0.15) is 6.54 Å². The summed E-state index contributed by atoms with van der Waals surface area (Å²) >= 11 is 0. The van der Waals surface area contributed by atoms with Crippen LogP contribution >= 0.6 is 0 Å². The Kier molecular flexibility index (Phi) is 2.89. The van der Waals surface area contributed by atoms with Crippen LogP contribution in [-0.2, 0) is 10.2 Å². The Balaban J connectivity index is 2.08. The molecule has 2 aliphatic rings. The second kappa shape index (κ2) is 3.83. The van der Waals surface area contributed by atoms with Crippen molar-refractivity contribution in [3.05, 3.63) is 0 Å². The van der Waals surface area contributed by atoms with Crippen LogP contribution in [0.3, 0.4) is 0 Å². The van der Waals surface area contributed by atoms with Gasteiger partial charge in [0.25, 0.3) is 10.2 Å². The molecule has 2 aliphatic heterocycles. The summed E-state index contributed by atoms with van der Waals surface area (Å²) < 4.78 is 61.5. The summed E-state index contributed by atoms with van der Waals surface area (Å²) in [7, 11) is -3.91. The van der Waals surface area contributed by atoms with Crippen molar-refractivity contribution in [3.63, 3.8) is 0 Å². The Hall–Kier alpha value is -0.380. The van der Waals surface area contributed by atoms with E-state index >= 15 is 0 Å². The van der Waals surface area contributed by atoms with Crippen molar-refractivity contribution in [2.45, 2.75) is 12.2 Å². The molecule has 0 aromatic heterocycles. The second-order valence-electron chi connectivity index (χ2n) is 3.88. The van der Waals surface area contributed by atoms with Crippen molar-refractivity contribution < 1.29 is 21.6 Å². The fourth-order valence-electron chi connectivity index (χ4n) is 1.80. The van der Waals surface area contributed by atoms with Gasteiger partial charge in [-0.15, -0.1) is 0 Å². The molecular formula is C7H12F3N3O2S. The Morgan fingerprint density at radius 3 is 2.31 bits per heavy atom. The molecule has 2 fully saturated rings. The zero-order valence-electron chi connectivity index (χ0n) is 8.37. The molecule has 2 saturated heterocycles. The fraction of sp³-hybridized carbons (Fsp3) is 1.00. The average Bonchev–Trinajstić information content (AvgIpc) is 2.25. The Bertz CT molecular complexity index is 366. The van der Waals surface area contributed by atoms with Crippen molar-refractivity contribution in [3.8, 4) is 0 Å². The largest absolute Gasteiger partial charge is 0.402 e. The summed E-state index contributed by atoms with van der Waals surface area (Å²) in [5, 5.41) is 2.89. The van der Waals surface area contributed by atoms with Crippen molar-refractivity contribution in [2.24, 2.45) is 0 Å². The highest BCUT2D eigenvalue weighted by Gasteiger charge is 2.46. The molecule has 0 aromatic rings. The molecule has 0 atom stereocenters. The smallest absolute Gasteiger partial charge is 0.313 e. The first kappa shape index (κ1) is 12.1. The minimum Gasteiger partial charge on any atom is -0.313 e. The Morgan fingerprint density at radius 2 is 1.88 bits per heavy atom. The first-order valence-corrected chi connectivity index (χ1v) is 6.25. The van der Waals surface area contributed by atoms with Gasteiger partial charge in [-0.05, 0) is 0 Å². The number of halogens is 3. The maximum absolute atomic E-state index is 12.1. The quantitative estimate of drug-likeness (QED) is 0.719. The van der Waals surface area contributed by atoms with Crippen molar-refractivity contribution in [2.75, 3.05) is 32.7 Å². The van der Waals surface area contributed by atoms with Crippen molar-refractivity contribution in [1.29, 1.82) is 0 Å². The van der Waals surface area contributed by atoms with E-state index in [4.69, 9.17) is 0 Å². The molecule has 9 heteroatoms. The van der Waals surface area contributed by atoms with E-state index in [0.717, 1.165) is 4.31 Å². The average molecular weight is 259 g/mol. The number of rotatable bonds is 2. The van der Waals surface area contributed by atoms with Gasteiger partial charge in [-0.2, -0.15) is 30.2 Å². The van der Waals surface area contributed by atoms with Crippen LogP contribution in [0.4, 0.5) is 13.2 Å². The van der Waals surface area contributed by atoms with Gasteiger partial charge in [0.05, 0.1) is 6.04 Å². The minimum absolute atomic E-state index is 0.0850. The van der Waals surface area contributed by atoms with Crippen molar-refractivity contribution in [1.82, 2.24) is 13.9 Å². The zero-order valence-corrected chi connectivity index (χ0v) is 9.18. The number of nitrogens with zero attached hydrogens (tertiary/aromatic N) is 2. The van der Waals surface area contributed by atoms with E-state index in [-0.39, 0.29) is 19.1 Å². The van der Waals surface area contributed by atoms with Crippen LogP contribution in [0, 0.1) is 0 Å². The molecule has 5 nitrogen and oxygen atoms in total. The summed E-state index contributed by atoms with van der Waals surface area (Å²) in [5.41, 5.74) is 0. The van der Waals surface area contributed by atoms with Gasteiger partial charge in [0.15, 0.2) is 0 Å². The van der Waals surface area contributed by atoms with Crippen LogP contribution in [0.25, 0.3) is 0 Å². The number of hydrogen-bond donors (Lipinski definition) is 1. The van der Waals surface area contributed by atoms with Gasteiger partial charge >= 0.3 is 6.18 Å². The Morgan fingerprint density at radius 1 is 1.25 bits per heavy atom. The monoisotopic (exact) mass is 259 g/mol. The summed E-state index contributed by atoms with van der Waals surface area (Å²) in [4.78, 5) is 0. The number of nitrogens with one attached hydrogen (secondary N) is 1. The fourth-order valence-corrected chi connectivity index (χ4v) is 3.55. The molecule has 0 radical (unpaired) electrons. The first-order valence-electron chi connectivity index (χ1n) is 4.85. The molecule has 0 amide bonds. The van der Waals surface area contributed by atoms with Gasteiger partial charge in [0.2, 0.25) is 0 Å². The van der Waals surface area contributed by atoms with Crippen molar-refractivity contribution >= 4 is 10.2 Å². The van der Waals surface area contributed by atoms with E-state index in [1.807, 2.05) is 0 Å². The van der Waals surface area contributed by atoms with E-state index in [1.54, 1.807) is 0 Å². The topological polar surface area (TPSA) is 52.7 Å². The SMILES string of the molecule is O=S1(=O)N(CC(F)(F)F)CCN1C1CNC1. The molecule has 0 spiro atoms. The molecule has 0 bridgehead atoms. The summed E-state index contributed by atoms with van der Waals surface area (Å²) in [6, 6.07) is -0.191. The van der Waals surface area contributed by atoms with Crippen LogP contribution in [0.15, 0.2) is 0 Å². The summed E-state index contributed by atoms with van der Waals surface area (Å²) in [6.45, 7) is -0.312. The standard InChI is InChI=1S/C7H12F3N3O2S/c8-7(9,10)5-12-1-2-13(16(12,14)15)6-3-11-4-6/h6,11H,1-5H2. The minimum atomic E-state index is -4.49. The number of alkyl halides is 3. The molecule has 0 saturated carbocycles. The third-order valence-electron chi connectivity index (χ3n) is 2.72. The first-order chi connectivity index (χ1) is 7.31. The molecule has 2 heterocycles. The van der Waals surface area contributed by atoms with Crippen LogP contribution in [0.2, 0.25) is 0 Å². The van der Waals surface area contributed by atoms with Crippen LogP contribution in [-0.4, -0.2) is 62.0 Å². The lowest BCUT2D eigenvalue weighted by Gasteiger charge is -2.34. The molecule has 94 valence electrons. The second-order valence-corrected chi connectivity index (χ2v) is 5.76. The molecule has 2 rings (SSSR count). The molecule has 0 unspecified atom stereocenters. The van der Waals surface area contributed by atoms with E-state index in [9.17, 15) is 21.6 Å². The third kappa shape index (κ3) is 2.17. The lowest BCUT2D eigenvalue weighted by Crippen LogP contribution is -2.58. The van der Waals surface area contributed by atoms with Crippen LogP contribution in [0.1, 0.15) is 0 Å². The van der Waals surface area contributed by atoms with Gasteiger partial charge in [-0.3, -0.25) is 0 Å². The van der Waals surface area contributed by atoms with E-state index < -0.39 is 22.9 Å². The molecule has 0 aromatic carbocycles. The Labute approximate surface area is 91.4 Å². The third-order valence-corrected chi connectivity index (χ3v) is 4.75. The number of hydrogen-bond acceptors (Lipinski definition) is 3. The highest BCUT2D eigenvalue weighted by Crippen LogP contribution is 2.25. The van der Waals surface area contributed by atoms with E-state index in [2.05, 4.69) is 5.32 Å². The molecule has 0 aliphatic carbocycles. The summed E-state index contributed by atoms with van der Waals surface area (Å²) in [6.07, 6.45) is -4.49. The lowest BCUT2D eigenvalue weighted by atomic mass is 10.2. The lowest BCUT2D eigenvalue weighted by molar-refractivity contribution is -0.135. The molecule has 1 N–H and O–H groups in total. The van der Waals surface area contributed by atoms with Crippen LogP contribution < -0.4 is 5.32 Å². The molecular weight excluding hydrogens is 247 g/mol. The highest BCUT2D eigenvalue weighted by molar-refractivity contribution is 7.87. The highest BCUT2D eigenvalue weighted by atomic mass is 32.2. The molecule has 16 heavy (non-hydrogen) atoms. The van der Waals surface area contributed by atoms with Gasteiger partial charge in [-0.1, -0.05) is 0 Å². The normalized spacial score (nSPS) is 28.2. The zero-order chi connectivity index (χ0) is 12.0. The maximum Gasteiger partial charge on any atom is 0.402 e. The van der Waals surface area contributed by atoms with E-state index in [1.165, 1.54) is 0 Å². The maximum atomic E-state index is 12.1. The predicted octanol–water partition coefficient (Wildman–Crippen LogP) is -0.617. The van der Waals surface area contributed by atoms with Gasteiger partial charge < -0.3 is 5.32 Å².